The number of hydrogen-bond donors (Lipinski definition) is 0. The maximum Gasteiger partial charge on any atom is 0.129 e. The first kappa shape index (κ1) is 8.24. The second-order valence-corrected chi connectivity index (χ2v) is 5.16. The van der Waals surface area contributed by atoms with Crippen molar-refractivity contribution in [2.75, 3.05) is 5.88 Å². The Labute approximate surface area is 70.4 Å². The normalized spacial score (nSPS) is 22.9. The summed E-state index contributed by atoms with van der Waals surface area (Å²) in [7, 11) is 0.430. The third-order valence-corrected chi connectivity index (χ3v) is 4.17. The molecule has 1 rings (SSSR count). The quantitative estimate of drug-likeness (QED) is 0.613. The van der Waals surface area contributed by atoms with Gasteiger partial charge >= 0.3 is 0 Å². The number of halogens is 1. The lowest BCUT2D eigenvalue weighted by Crippen LogP contribution is -1.87. The zero-order chi connectivity index (χ0) is 7.40. The standard InChI is InChI=1S/C6H7ClOS2/c7-4-3-6-2-1-5-10(6)9-8/h1-2,5H,3-4H2. The average Bonchev–Trinajstić information content (AvgIpc) is 2.36. The molecule has 4 heteroatoms. The first-order valence-corrected chi connectivity index (χ1v) is 5.93. The van der Waals surface area contributed by atoms with Crippen LogP contribution in [0.4, 0.5) is 0 Å². The minimum Gasteiger partial charge on any atom is -0.205 e. The molecule has 1 unspecified atom stereocenters. The summed E-state index contributed by atoms with van der Waals surface area (Å²) >= 11 is 5.53. The first-order chi connectivity index (χ1) is 4.88. The molecule has 0 saturated heterocycles. The van der Waals surface area contributed by atoms with Crippen LogP contribution in [0.2, 0.25) is 0 Å². The van der Waals surface area contributed by atoms with E-state index in [0.29, 0.717) is 16.1 Å². The summed E-state index contributed by atoms with van der Waals surface area (Å²) < 4.78 is 10.4. The highest BCUT2D eigenvalue weighted by atomic mass is 35.5. The van der Waals surface area contributed by atoms with Crippen molar-refractivity contribution < 1.29 is 4.21 Å². The van der Waals surface area contributed by atoms with Crippen LogP contribution in [0, 0.1) is 0 Å². The van der Waals surface area contributed by atoms with Gasteiger partial charge in [0, 0.05) is 5.88 Å². The van der Waals surface area contributed by atoms with Gasteiger partial charge in [-0.3, -0.25) is 0 Å². The average molecular weight is 195 g/mol. The number of alkyl halides is 1. The molecule has 0 fully saturated rings. The van der Waals surface area contributed by atoms with Gasteiger partial charge in [0.15, 0.2) is 0 Å². The van der Waals surface area contributed by atoms with Crippen LogP contribution in [0.3, 0.4) is 0 Å². The minimum atomic E-state index is -0.215. The van der Waals surface area contributed by atoms with Gasteiger partial charge in [-0.1, -0.05) is 12.2 Å². The maximum atomic E-state index is 10.4. The Balaban J connectivity index is 2.72. The summed E-state index contributed by atoms with van der Waals surface area (Å²) in [6.45, 7) is 0. The fraction of sp³-hybridized carbons (Fsp3) is 0.333. The molecule has 0 aliphatic carbocycles. The van der Waals surface area contributed by atoms with Gasteiger partial charge in [0.1, 0.15) is 10.2 Å². The van der Waals surface area contributed by atoms with Crippen LogP contribution in [0.25, 0.3) is 0 Å². The summed E-state index contributed by atoms with van der Waals surface area (Å²) in [4.78, 5) is 1.18. The highest BCUT2D eigenvalue weighted by Crippen LogP contribution is 2.16. The van der Waals surface area contributed by atoms with Gasteiger partial charge in [0.05, 0.1) is 0 Å². The largest absolute Gasteiger partial charge is 0.205 e. The van der Waals surface area contributed by atoms with Crippen molar-refractivity contribution in [2.24, 2.45) is 0 Å². The molecular formula is C6H7ClOS2. The predicted octanol–water partition coefficient (Wildman–Crippen LogP) is 1.77. The molecule has 0 aromatic heterocycles. The molecular weight excluding hydrogens is 188 g/mol. The van der Waals surface area contributed by atoms with E-state index in [0.717, 1.165) is 6.42 Å². The lowest BCUT2D eigenvalue weighted by Gasteiger charge is -1.96. The molecule has 0 saturated carbocycles. The number of hydrogen-bond acceptors (Lipinski definition) is 1. The highest BCUT2D eigenvalue weighted by molar-refractivity contribution is 8.35. The number of allylic oxidation sites excluding steroid dienone is 3. The third-order valence-electron chi connectivity index (χ3n) is 1.16. The zero-order valence-corrected chi connectivity index (χ0v) is 7.64. The van der Waals surface area contributed by atoms with Crippen molar-refractivity contribution in [2.45, 2.75) is 6.42 Å². The topological polar surface area (TPSA) is 17.1 Å². The Bertz CT molecular complexity index is 238. The van der Waals surface area contributed by atoms with E-state index in [-0.39, 0.29) is 9.45 Å². The van der Waals surface area contributed by atoms with E-state index in [2.05, 4.69) is 0 Å². The van der Waals surface area contributed by atoms with Crippen molar-refractivity contribution in [1.29, 1.82) is 0 Å². The Hall–Kier alpha value is 0.140. The fourth-order valence-electron chi connectivity index (χ4n) is 0.716. The third kappa shape index (κ3) is 1.81. The van der Waals surface area contributed by atoms with E-state index in [1.807, 2.05) is 17.6 Å². The Kier molecular flexibility index (Phi) is 3.39. The van der Waals surface area contributed by atoms with E-state index in [9.17, 15) is 4.21 Å². The van der Waals surface area contributed by atoms with E-state index in [1.54, 1.807) is 0 Å². The molecule has 1 atom stereocenters. The lowest BCUT2D eigenvalue weighted by molar-refractivity contribution is 0.701. The molecule has 0 aromatic rings. The van der Waals surface area contributed by atoms with Gasteiger partial charge in [0.2, 0.25) is 0 Å². The molecule has 10 heavy (non-hydrogen) atoms. The van der Waals surface area contributed by atoms with Gasteiger partial charge in [0.25, 0.3) is 0 Å². The monoisotopic (exact) mass is 194 g/mol. The van der Waals surface area contributed by atoms with Crippen LogP contribution >= 0.6 is 11.6 Å². The molecule has 56 valence electrons. The molecule has 1 aliphatic rings. The summed E-state index contributed by atoms with van der Waals surface area (Å²) in [5.74, 6) is 0.609. The minimum absolute atomic E-state index is 0.215. The Morgan fingerprint density at radius 2 is 2.50 bits per heavy atom. The van der Waals surface area contributed by atoms with Gasteiger partial charge < -0.3 is 0 Å². The zero-order valence-electron chi connectivity index (χ0n) is 5.25. The Morgan fingerprint density at radius 1 is 1.70 bits per heavy atom. The van der Waals surface area contributed by atoms with Gasteiger partial charge in [-0.2, -0.15) is 0 Å². The van der Waals surface area contributed by atoms with Gasteiger partial charge in [-0.25, -0.2) is 4.21 Å². The first-order valence-electron chi connectivity index (χ1n) is 2.85. The molecule has 0 amide bonds. The van der Waals surface area contributed by atoms with E-state index in [4.69, 9.17) is 11.6 Å². The molecule has 0 bridgehead atoms. The number of rotatable bonds is 2. The van der Waals surface area contributed by atoms with Crippen molar-refractivity contribution in [3.05, 3.63) is 22.5 Å². The van der Waals surface area contributed by atoms with Crippen molar-refractivity contribution in [3.63, 3.8) is 0 Å². The Morgan fingerprint density at radius 3 is 3.10 bits per heavy atom. The maximum absolute atomic E-state index is 10.4. The van der Waals surface area contributed by atoms with Crippen LogP contribution in [0.15, 0.2) is 22.5 Å². The summed E-state index contributed by atoms with van der Waals surface area (Å²) in [5.41, 5.74) is 0. The van der Waals surface area contributed by atoms with Crippen LogP contribution in [-0.4, -0.2) is 10.1 Å². The van der Waals surface area contributed by atoms with Crippen LogP contribution in [-0.2, 0) is 19.7 Å². The summed E-state index contributed by atoms with van der Waals surface area (Å²) in [5, 5.41) is 1.93. The SMILES string of the molecule is O=S=S1C=CC=C1CCCl. The molecule has 1 nitrogen and oxygen atoms in total. The lowest BCUT2D eigenvalue weighted by atomic mass is 10.4. The smallest absolute Gasteiger partial charge is 0.129 e. The van der Waals surface area contributed by atoms with Crippen LogP contribution < -0.4 is 0 Å². The molecule has 0 spiro atoms. The van der Waals surface area contributed by atoms with Gasteiger partial charge in [-0.15, -0.1) is 11.6 Å². The molecule has 1 aliphatic heterocycles. The van der Waals surface area contributed by atoms with Crippen molar-refractivity contribution in [3.8, 4) is 0 Å². The predicted molar refractivity (Wildman–Crippen MR) is 48.1 cm³/mol. The van der Waals surface area contributed by atoms with Crippen molar-refractivity contribution in [1.82, 2.24) is 0 Å². The summed E-state index contributed by atoms with van der Waals surface area (Å²) in [6, 6.07) is 0. The van der Waals surface area contributed by atoms with Crippen LogP contribution in [0.5, 0.6) is 0 Å². The second kappa shape index (κ2) is 4.11. The molecule has 1 heterocycles. The van der Waals surface area contributed by atoms with Crippen LogP contribution in [0.1, 0.15) is 6.42 Å². The summed E-state index contributed by atoms with van der Waals surface area (Å²) in [6.07, 6.45) is 4.75. The second-order valence-electron chi connectivity index (χ2n) is 1.77. The van der Waals surface area contributed by atoms with Gasteiger partial charge in [-0.05, 0) is 26.2 Å². The van der Waals surface area contributed by atoms with E-state index < -0.39 is 0 Å². The van der Waals surface area contributed by atoms with E-state index >= 15 is 0 Å². The highest BCUT2D eigenvalue weighted by Gasteiger charge is 2.03. The molecule has 0 radical (unpaired) electrons. The molecule has 0 N–H and O–H groups in total. The van der Waals surface area contributed by atoms with Crippen molar-refractivity contribution >= 4 is 31.3 Å². The molecule has 0 aromatic carbocycles. The fourth-order valence-corrected chi connectivity index (χ4v) is 3.08. The van der Waals surface area contributed by atoms with E-state index in [1.165, 1.54) is 4.91 Å².